The lowest BCUT2D eigenvalue weighted by Crippen LogP contribution is -2.45. The molecule has 0 spiro atoms. The van der Waals surface area contributed by atoms with E-state index in [9.17, 15) is 5.11 Å². The SMILES string of the molecule is CCCCOCCOCC(O)CNC(C)(CC)CC. The van der Waals surface area contributed by atoms with E-state index in [-0.39, 0.29) is 5.54 Å². The molecular weight excluding hydrogens is 242 g/mol. The fraction of sp³-hybridized carbons (Fsp3) is 1.00. The Morgan fingerprint density at radius 2 is 1.68 bits per heavy atom. The van der Waals surface area contributed by atoms with Crippen LogP contribution in [0.15, 0.2) is 0 Å². The summed E-state index contributed by atoms with van der Waals surface area (Å²) in [6, 6.07) is 0. The van der Waals surface area contributed by atoms with E-state index in [0.717, 1.165) is 32.3 Å². The summed E-state index contributed by atoms with van der Waals surface area (Å²) in [6.07, 6.45) is 3.91. The van der Waals surface area contributed by atoms with E-state index >= 15 is 0 Å². The summed E-state index contributed by atoms with van der Waals surface area (Å²) in [5, 5.41) is 13.2. The van der Waals surface area contributed by atoms with Crippen LogP contribution in [-0.2, 0) is 9.47 Å². The summed E-state index contributed by atoms with van der Waals surface area (Å²) in [4.78, 5) is 0. The van der Waals surface area contributed by atoms with Gasteiger partial charge in [0.05, 0.1) is 25.9 Å². The highest BCUT2D eigenvalue weighted by molar-refractivity contribution is 4.80. The van der Waals surface area contributed by atoms with Gasteiger partial charge in [-0.2, -0.15) is 0 Å². The number of β-amino-alcohol motifs (C(OH)–C–C–N with tert-alkyl or cyclic N) is 1. The van der Waals surface area contributed by atoms with Gasteiger partial charge in [-0.15, -0.1) is 0 Å². The number of aliphatic hydroxyl groups excluding tert-OH is 1. The Kier molecular flexibility index (Phi) is 11.6. The van der Waals surface area contributed by atoms with Crippen LogP contribution in [-0.4, -0.2) is 49.7 Å². The summed E-state index contributed by atoms with van der Waals surface area (Å²) in [5.41, 5.74) is 0.115. The van der Waals surface area contributed by atoms with Crippen LogP contribution in [0.4, 0.5) is 0 Å². The topological polar surface area (TPSA) is 50.7 Å². The Balaban J connectivity index is 3.46. The van der Waals surface area contributed by atoms with Gasteiger partial charge in [-0.05, 0) is 26.2 Å². The third-order valence-electron chi connectivity index (χ3n) is 3.65. The first-order valence-electron chi connectivity index (χ1n) is 7.66. The standard InChI is InChI=1S/C15H33NO3/c1-5-8-9-18-10-11-19-13-14(17)12-16-15(4,6-2)7-3/h14,16-17H,5-13H2,1-4H3. The van der Waals surface area contributed by atoms with Gasteiger partial charge in [0.25, 0.3) is 0 Å². The summed E-state index contributed by atoms with van der Waals surface area (Å²) in [7, 11) is 0. The Labute approximate surface area is 118 Å². The average molecular weight is 275 g/mol. The highest BCUT2D eigenvalue weighted by atomic mass is 16.5. The van der Waals surface area contributed by atoms with Crippen molar-refractivity contribution in [1.29, 1.82) is 0 Å². The first kappa shape index (κ1) is 18.8. The molecule has 0 radical (unpaired) electrons. The lowest BCUT2D eigenvalue weighted by Gasteiger charge is -2.29. The minimum absolute atomic E-state index is 0.115. The molecule has 0 aliphatic rings. The number of rotatable bonds is 13. The van der Waals surface area contributed by atoms with Crippen LogP contribution in [0.5, 0.6) is 0 Å². The number of unbranched alkanes of at least 4 members (excludes halogenated alkanes) is 1. The maximum Gasteiger partial charge on any atom is 0.0897 e. The molecule has 0 saturated heterocycles. The van der Waals surface area contributed by atoms with Crippen molar-refractivity contribution >= 4 is 0 Å². The van der Waals surface area contributed by atoms with Crippen LogP contribution < -0.4 is 5.32 Å². The molecule has 0 bridgehead atoms. The van der Waals surface area contributed by atoms with Crippen molar-refractivity contribution in [2.45, 2.75) is 65.0 Å². The molecular formula is C15H33NO3. The maximum atomic E-state index is 9.82. The van der Waals surface area contributed by atoms with E-state index in [4.69, 9.17) is 9.47 Å². The monoisotopic (exact) mass is 275 g/mol. The van der Waals surface area contributed by atoms with Gasteiger partial charge in [0, 0.05) is 18.7 Å². The lowest BCUT2D eigenvalue weighted by molar-refractivity contribution is 0.00168. The molecule has 0 fully saturated rings. The fourth-order valence-corrected chi connectivity index (χ4v) is 1.61. The van der Waals surface area contributed by atoms with E-state index < -0.39 is 6.10 Å². The van der Waals surface area contributed by atoms with E-state index in [2.05, 4.69) is 33.0 Å². The van der Waals surface area contributed by atoms with E-state index in [0.29, 0.717) is 26.4 Å². The molecule has 4 heteroatoms. The molecule has 4 nitrogen and oxygen atoms in total. The zero-order chi connectivity index (χ0) is 14.6. The van der Waals surface area contributed by atoms with E-state index in [1.807, 2.05) is 0 Å². The predicted octanol–water partition coefficient (Wildman–Crippen LogP) is 2.35. The third kappa shape index (κ3) is 10.3. The summed E-state index contributed by atoms with van der Waals surface area (Å²) in [6.45, 7) is 11.6. The molecule has 19 heavy (non-hydrogen) atoms. The third-order valence-corrected chi connectivity index (χ3v) is 3.65. The van der Waals surface area contributed by atoms with Crippen molar-refractivity contribution in [2.75, 3.05) is 33.0 Å². The number of nitrogens with one attached hydrogen (secondary N) is 1. The van der Waals surface area contributed by atoms with Gasteiger partial charge in [-0.3, -0.25) is 0 Å². The highest BCUT2D eigenvalue weighted by Crippen LogP contribution is 2.13. The molecule has 2 N–H and O–H groups in total. The van der Waals surface area contributed by atoms with Crippen LogP contribution in [0.1, 0.15) is 53.4 Å². The van der Waals surface area contributed by atoms with Crippen molar-refractivity contribution in [3.05, 3.63) is 0 Å². The minimum Gasteiger partial charge on any atom is -0.389 e. The summed E-state index contributed by atoms with van der Waals surface area (Å²) < 4.78 is 10.8. The number of hydrogen-bond acceptors (Lipinski definition) is 4. The molecule has 0 amide bonds. The van der Waals surface area contributed by atoms with Crippen molar-refractivity contribution in [2.24, 2.45) is 0 Å². The molecule has 0 aliphatic heterocycles. The number of ether oxygens (including phenoxy) is 2. The second-order valence-electron chi connectivity index (χ2n) is 5.34. The second-order valence-corrected chi connectivity index (χ2v) is 5.34. The Bertz CT molecular complexity index is 196. The smallest absolute Gasteiger partial charge is 0.0897 e. The van der Waals surface area contributed by atoms with Crippen molar-refractivity contribution in [1.82, 2.24) is 5.32 Å². The molecule has 0 aromatic carbocycles. The molecule has 0 rings (SSSR count). The van der Waals surface area contributed by atoms with Gasteiger partial charge in [0.2, 0.25) is 0 Å². The second kappa shape index (κ2) is 11.6. The molecule has 1 unspecified atom stereocenters. The maximum absolute atomic E-state index is 9.82. The normalized spacial score (nSPS) is 13.7. The van der Waals surface area contributed by atoms with Crippen LogP contribution in [0.3, 0.4) is 0 Å². The fourth-order valence-electron chi connectivity index (χ4n) is 1.61. The molecule has 0 aromatic heterocycles. The van der Waals surface area contributed by atoms with Crippen LogP contribution in [0.2, 0.25) is 0 Å². The number of aliphatic hydroxyl groups is 1. The van der Waals surface area contributed by atoms with Gasteiger partial charge in [0.15, 0.2) is 0 Å². The van der Waals surface area contributed by atoms with Gasteiger partial charge in [-0.1, -0.05) is 27.2 Å². The Morgan fingerprint density at radius 1 is 1.05 bits per heavy atom. The van der Waals surface area contributed by atoms with Crippen LogP contribution >= 0.6 is 0 Å². The highest BCUT2D eigenvalue weighted by Gasteiger charge is 2.19. The van der Waals surface area contributed by atoms with Crippen LogP contribution in [0, 0.1) is 0 Å². The summed E-state index contributed by atoms with van der Waals surface area (Å²) >= 11 is 0. The minimum atomic E-state index is -0.451. The van der Waals surface area contributed by atoms with Crippen molar-refractivity contribution < 1.29 is 14.6 Å². The van der Waals surface area contributed by atoms with Crippen molar-refractivity contribution in [3.8, 4) is 0 Å². The van der Waals surface area contributed by atoms with Gasteiger partial charge >= 0.3 is 0 Å². The predicted molar refractivity (Wildman–Crippen MR) is 79.5 cm³/mol. The lowest BCUT2D eigenvalue weighted by atomic mass is 9.95. The van der Waals surface area contributed by atoms with Crippen LogP contribution in [0.25, 0.3) is 0 Å². The summed E-state index contributed by atoms with van der Waals surface area (Å²) in [5.74, 6) is 0. The van der Waals surface area contributed by atoms with Crippen molar-refractivity contribution in [3.63, 3.8) is 0 Å². The van der Waals surface area contributed by atoms with E-state index in [1.54, 1.807) is 0 Å². The van der Waals surface area contributed by atoms with Gasteiger partial charge < -0.3 is 19.9 Å². The zero-order valence-corrected chi connectivity index (χ0v) is 13.2. The molecule has 0 aliphatic carbocycles. The average Bonchev–Trinajstić information content (AvgIpc) is 2.44. The number of hydrogen-bond donors (Lipinski definition) is 2. The molecule has 0 aromatic rings. The van der Waals surface area contributed by atoms with Gasteiger partial charge in [0.1, 0.15) is 0 Å². The quantitative estimate of drug-likeness (QED) is 0.507. The Morgan fingerprint density at radius 3 is 2.26 bits per heavy atom. The first-order valence-corrected chi connectivity index (χ1v) is 7.66. The van der Waals surface area contributed by atoms with E-state index in [1.165, 1.54) is 0 Å². The van der Waals surface area contributed by atoms with Gasteiger partial charge in [-0.25, -0.2) is 0 Å². The molecule has 1 atom stereocenters. The largest absolute Gasteiger partial charge is 0.389 e. The Hall–Kier alpha value is -0.160. The first-order chi connectivity index (χ1) is 9.08. The molecule has 0 saturated carbocycles. The molecule has 116 valence electrons. The zero-order valence-electron chi connectivity index (χ0n) is 13.2. The molecule has 0 heterocycles.